The first-order valence-corrected chi connectivity index (χ1v) is 8.08. The Bertz CT molecular complexity index is 627. The maximum atomic E-state index is 12.2. The van der Waals surface area contributed by atoms with Crippen LogP contribution in [-0.2, 0) is 6.54 Å². The molecule has 1 amide bonds. The van der Waals surface area contributed by atoms with Gasteiger partial charge >= 0.3 is 0 Å². The number of hydrogen-bond donors (Lipinski definition) is 0. The van der Waals surface area contributed by atoms with E-state index in [0.717, 1.165) is 45.1 Å². The molecule has 0 radical (unpaired) electrons. The van der Waals surface area contributed by atoms with E-state index in [2.05, 4.69) is 33.5 Å². The van der Waals surface area contributed by atoms with Crippen LogP contribution in [0.3, 0.4) is 0 Å². The molecule has 0 atom stereocenters. The molecule has 0 spiro atoms. The molecule has 2 aromatic rings. The monoisotopic (exact) mass is 317 g/mol. The Morgan fingerprint density at radius 2 is 2.00 bits per heavy atom. The summed E-state index contributed by atoms with van der Waals surface area (Å²) >= 11 is 0. The molecule has 1 aliphatic heterocycles. The molecule has 2 aromatic heterocycles. The first-order valence-electron chi connectivity index (χ1n) is 8.08. The number of piperazine rings is 1. The van der Waals surface area contributed by atoms with Gasteiger partial charge in [0.25, 0.3) is 5.91 Å². The Morgan fingerprint density at radius 3 is 2.65 bits per heavy atom. The van der Waals surface area contributed by atoms with E-state index in [1.807, 2.05) is 17.3 Å². The van der Waals surface area contributed by atoms with Gasteiger partial charge in [-0.05, 0) is 0 Å². The van der Waals surface area contributed by atoms with E-state index >= 15 is 0 Å². The highest BCUT2D eigenvalue weighted by Crippen LogP contribution is 2.12. The fourth-order valence-corrected chi connectivity index (χ4v) is 2.92. The van der Waals surface area contributed by atoms with E-state index in [1.165, 1.54) is 6.20 Å². The van der Waals surface area contributed by atoms with Crippen molar-refractivity contribution in [1.29, 1.82) is 0 Å². The van der Waals surface area contributed by atoms with Crippen molar-refractivity contribution in [2.45, 2.75) is 26.3 Å². The molecular formula is C16H23N5O2. The van der Waals surface area contributed by atoms with E-state index in [0.29, 0.717) is 11.7 Å². The van der Waals surface area contributed by atoms with Crippen LogP contribution in [0.25, 0.3) is 0 Å². The number of carbonyl (C=O) groups is 1. The summed E-state index contributed by atoms with van der Waals surface area (Å²) in [4.78, 5) is 20.8. The third-order valence-corrected chi connectivity index (χ3v) is 4.23. The number of amides is 1. The molecule has 0 saturated carbocycles. The molecule has 0 aliphatic carbocycles. The molecule has 7 nitrogen and oxygen atoms in total. The van der Waals surface area contributed by atoms with Crippen molar-refractivity contribution < 1.29 is 9.32 Å². The molecule has 0 bridgehead atoms. The van der Waals surface area contributed by atoms with Gasteiger partial charge in [0.2, 0.25) is 5.76 Å². The summed E-state index contributed by atoms with van der Waals surface area (Å²) in [7, 11) is 0. The van der Waals surface area contributed by atoms with Crippen molar-refractivity contribution in [3.05, 3.63) is 36.2 Å². The average molecular weight is 317 g/mol. The van der Waals surface area contributed by atoms with Crippen LogP contribution in [0.1, 0.15) is 36.1 Å². The van der Waals surface area contributed by atoms with Crippen molar-refractivity contribution in [2.24, 2.45) is 0 Å². The van der Waals surface area contributed by atoms with E-state index in [-0.39, 0.29) is 5.91 Å². The highest BCUT2D eigenvalue weighted by molar-refractivity contribution is 5.91. The SMILES string of the molecule is CC(C)c1nccn1CCN1CCN(C(=O)c2ccno2)CC1. The Labute approximate surface area is 135 Å². The molecule has 1 saturated heterocycles. The second kappa shape index (κ2) is 6.95. The minimum atomic E-state index is -0.0705. The van der Waals surface area contributed by atoms with Crippen LogP contribution in [0.2, 0.25) is 0 Å². The molecule has 1 aliphatic rings. The quantitative estimate of drug-likeness (QED) is 0.835. The second-order valence-corrected chi connectivity index (χ2v) is 6.14. The Hall–Kier alpha value is -2.15. The van der Waals surface area contributed by atoms with E-state index in [9.17, 15) is 4.79 Å². The van der Waals surface area contributed by atoms with Gasteiger partial charge in [0.05, 0.1) is 6.20 Å². The summed E-state index contributed by atoms with van der Waals surface area (Å²) in [5.41, 5.74) is 0. The predicted molar refractivity (Wildman–Crippen MR) is 85.2 cm³/mol. The zero-order valence-corrected chi connectivity index (χ0v) is 13.7. The van der Waals surface area contributed by atoms with E-state index in [4.69, 9.17) is 4.52 Å². The molecule has 3 heterocycles. The molecule has 0 N–H and O–H groups in total. The minimum absolute atomic E-state index is 0.0705. The summed E-state index contributed by atoms with van der Waals surface area (Å²) in [6.07, 6.45) is 5.41. The van der Waals surface area contributed by atoms with Crippen molar-refractivity contribution >= 4 is 5.91 Å². The number of hydrogen-bond acceptors (Lipinski definition) is 5. The van der Waals surface area contributed by atoms with Crippen molar-refractivity contribution in [3.63, 3.8) is 0 Å². The Kier molecular flexibility index (Phi) is 4.76. The van der Waals surface area contributed by atoms with E-state index in [1.54, 1.807) is 6.07 Å². The number of aromatic nitrogens is 3. The number of nitrogens with zero attached hydrogens (tertiary/aromatic N) is 5. The van der Waals surface area contributed by atoms with Crippen molar-refractivity contribution in [1.82, 2.24) is 24.5 Å². The fraction of sp³-hybridized carbons (Fsp3) is 0.562. The van der Waals surface area contributed by atoms with Crippen LogP contribution in [0.15, 0.2) is 29.2 Å². The van der Waals surface area contributed by atoms with Gasteiger partial charge in [0, 0.05) is 63.6 Å². The van der Waals surface area contributed by atoms with Gasteiger partial charge in [-0.15, -0.1) is 0 Å². The van der Waals surface area contributed by atoms with Crippen LogP contribution in [0, 0.1) is 0 Å². The Morgan fingerprint density at radius 1 is 1.22 bits per heavy atom. The standard InChI is InChI=1S/C16H23N5O2/c1-13(2)15-17-5-6-20(15)10-7-19-8-11-21(12-9-19)16(22)14-3-4-18-23-14/h3-6,13H,7-12H2,1-2H3. The second-order valence-electron chi connectivity index (χ2n) is 6.14. The third-order valence-electron chi connectivity index (χ3n) is 4.23. The van der Waals surface area contributed by atoms with Gasteiger partial charge in [0.15, 0.2) is 0 Å². The third kappa shape index (κ3) is 3.61. The van der Waals surface area contributed by atoms with Crippen LogP contribution in [0.4, 0.5) is 0 Å². The number of rotatable bonds is 5. The van der Waals surface area contributed by atoms with Gasteiger partial charge in [-0.3, -0.25) is 9.69 Å². The fourth-order valence-electron chi connectivity index (χ4n) is 2.92. The smallest absolute Gasteiger partial charge is 0.292 e. The van der Waals surface area contributed by atoms with E-state index < -0.39 is 0 Å². The van der Waals surface area contributed by atoms with Crippen LogP contribution >= 0.6 is 0 Å². The topological polar surface area (TPSA) is 67.4 Å². The highest BCUT2D eigenvalue weighted by Gasteiger charge is 2.24. The van der Waals surface area contributed by atoms with Crippen molar-refractivity contribution in [2.75, 3.05) is 32.7 Å². The van der Waals surface area contributed by atoms with Gasteiger partial charge in [-0.25, -0.2) is 4.98 Å². The summed E-state index contributed by atoms with van der Waals surface area (Å²) < 4.78 is 7.16. The summed E-state index contributed by atoms with van der Waals surface area (Å²) in [6, 6.07) is 1.61. The zero-order chi connectivity index (χ0) is 16.2. The van der Waals surface area contributed by atoms with Gasteiger partial charge < -0.3 is 14.0 Å². The summed E-state index contributed by atoms with van der Waals surface area (Å²) in [5.74, 6) is 1.81. The molecule has 1 fully saturated rings. The molecule has 23 heavy (non-hydrogen) atoms. The lowest BCUT2D eigenvalue weighted by Gasteiger charge is -2.34. The molecule has 3 rings (SSSR count). The maximum Gasteiger partial charge on any atom is 0.292 e. The van der Waals surface area contributed by atoms with Crippen LogP contribution in [0.5, 0.6) is 0 Å². The summed E-state index contributed by atoms with van der Waals surface area (Å²) in [5, 5.41) is 3.59. The number of carbonyl (C=O) groups excluding carboxylic acids is 1. The van der Waals surface area contributed by atoms with Crippen LogP contribution in [-0.4, -0.2) is 63.1 Å². The van der Waals surface area contributed by atoms with Gasteiger partial charge in [-0.1, -0.05) is 19.0 Å². The zero-order valence-electron chi connectivity index (χ0n) is 13.7. The Balaban J connectivity index is 1.48. The number of imidazole rings is 1. The molecule has 0 aromatic carbocycles. The lowest BCUT2D eigenvalue weighted by Crippen LogP contribution is -2.49. The molecule has 0 unspecified atom stereocenters. The summed E-state index contributed by atoms with van der Waals surface area (Å²) in [6.45, 7) is 9.43. The molecule has 124 valence electrons. The first kappa shape index (κ1) is 15.7. The first-order chi connectivity index (χ1) is 11.1. The lowest BCUT2D eigenvalue weighted by molar-refractivity contribution is 0.0593. The molecule has 7 heteroatoms. The normalized spacial score (nSPS) is 16.2. The van der Waals surface area contributed by atoms with Gasteiger partial charge in [-0.2, -0.15) is 0 Å². The largest absolute Gasteiger partial charge is 0.351 e. The maximum absolute atomic E-state index is 12.2. The highest BCUT2D eigenvalue weighted by atomic mass is 16.5. The van der Waals surface area contributed by atoms with Crippen LogP contribution < -0.4 is 0 Å². The molecular weight excluding hydrogens is 294 g/mol. The minimum Gasteiger partial charge on any atom is -0.351 e. The lowest BCUT2D eigenvalue weighted by atomic mass is 10.2. The van der Waals surface area contributed by atoms with Crippen molar-refractivity contribution in [3.8, 4) is 0 Å². The van der Waals surface area contributed by atoms with Gasteiger partial charge in [0.1, 0.15) is 5.82 Å². The predicted octanol–water partition coefficient (Wildman–Crippen LogP) is 1.45. The average Bonchev–Trinajstić information content (AvgIpc) is 3.24.